The minimum atomic E-state index is 0. The van der Waals surface area contributed by atoms with Gasteiger partial charge in [0.2, 0.25) is 0 Å². The first kappa shape index (κ1) is 24.0. The Balaban J connectivity index is 0.00000320. The first-order chi connectivity index (χ1) is 14.2. The monoisotopic (exact) mass is 525 g/mol. The molecule has 3 N–H and O–H groups in total. The number of methoxy groups -OCH3 is 2. The third kappa shape index (κ3) is 6.93. The van der Waals surface area contributed by atoms with Crippen molar-refractivity contribution in [3.05, 3.63) is 47.7 Å². The number of halogens is 1. The normalized spacial score (nSPS) is 14.5. The summed E-state index contributed by atoms with van der Waals surface area (Å²) in [6.45, 7) is 3.24. The van der Waals surface area contributed by atoms with Crippen molar-refractivity contribution in [3.63, 3.8) is 0 Å². The number of hydrogen-bond donors (Lipinski definition) is 2. The second-order valence-electron chi connectivity index (χ2n) is 7.17. The van der Waals surface area contributed by atoms with E-state index in [0.29, 0.717) is 30.5 Å². The van der Waals surface area contributed by atoms with Gasteiger partial charge in [-0.1, -0.05) is 25.0 Å². The topological polar surface area (TPSA) is 85.0 Å². The van der Waals surface area contributed by atoms with Gasteiger partial charge >= 0.3 is 0 Å². The van der Waals surface area contributed by atoms with Crippen LogP contribution in [0.25, 0.3) is 0 Å². The summed E-state index contributed by atoms with van der Waals surface area (Å²) >= 11 is 0. The van der Waals surface area contributed by atoms with Crippen LogP contribution in [0.4, 0.5) is 5.82 Å². The van der Waals surface area contributed by atoms with Crippen molar-refractivity contribution >= 4 is 35.8 Å². The van der Waals surface area contributed by atoms with Crippen LogP contribution in [0.5, 0.6) is 11.5 Å². The summed E-state index contributed by atoms with van der Waals surface area (Å²) in [6, 6.07) is 9.93. The predicted molar refractivity (Wildman–Crippen MR) is 132 cm³/mol. The van der Waals surface area contributed by atoms with Crippen molar-refractivity contribution in [2.45, 2.75) is 38.8 Å². The van der Waals surface area contributed by atoms with E-state index in [4.69, 9.17) is 15.2 Å². The zero-order valence-corrected chi connectivity index (χ0v) is 20.1. The van der Waals surface area contributed by atoms with Gasteiger partial charge in [0.05, 0.1) is 20.8 Å². The average molecular weight is 525 g/mol. The molecule has 164 valence electrons. The molecular weight excluding hydrogens is 493 g/mol. The number of nitrogens with one attached hydrogen (secondary N) is 1. The van der Waals surface area contributed by atoms with Gasteiger partial charge in [-0.2, -0.15) is 0 Å². The van der Waals surface area contributed by atoms with E-state index in [2.05, 4.69) is 32.3 Å². The molecule has 1 aliphatic rings. The fourth-order valence-corrected chi connectivity index (χ4v) is 3.41. The zero-order chi connectivity index (χ0) is 20.5. The van der Waals surface area contributed by atoms with Gasteiger partial charge < -0.3 is 25.4 Å². The molecule has 1 aliphatic heterocycles. The Labute approximate surface area is 196 Å². The highest BCUT2D eigenvalue weighted by Crippen LogP contribution is 2.27. The van der Waals surface area contributed by atoms with Gasteiger partial charge in [0.15, 0.2) is 17.5 Å². The van der Waals surface area contributed by atoms with Crippen molar-refractivity contribution < 1.29 is 9.47 Å². The number of aliphatic imine (C=N–C) groups is 1. The van der Waals surface area contributed by atoms with Crippen molar-refractivity contribution in [1.82, 2.24) is 10.3 Å². The number of pyridine rings is 1. The molecule has 0 saturated carbocycles. The van der Waals surface area contributed by atoms with Crippen LogP contribution in [0.2, 0.25) is 0 Å². The van der Waals surface area contributed by atoms with Crippen LogP contribution in [-0.4, -0.2) is 38.3 Å². The molecule has 2 heterocycles. The highest BCUT2D eigenvalue weighted by atomic mass is 127. The van der Waals surface area contributed by atoms with Crippen molar-refractivity contribution in [2.24, 2.45) is 10.7 Å². The number of rotatable bonds is 7. The second kappa shape index (κ2) is 12.5. The number of guanidine groups is 1. The summed E-state index contributed by atoms with van der Waals surface area (Å²) in [5.41, 5.74) is 8.09. The molecule has 1 saturated heterocycles. The molecule has 8 heteroatoms. The van der Waals surface area contributed by atoms with Crippen LogP contribution in [0.15, 0.2) is 41.5 Å². The van der Waals surface area contributed by atoms with E-state index >= 15 is 0 Å². The van der Waals surface area contributed by atoms with Crippen LogP contribution in [-0.2, 0) is 13.1 Å². The first-order valence-electron chi connectivity index (χ1n) is 10.1. The molecule has 0 unspecified atom stereocenters. The van der Waals surface area contributed by atoms with Gasteiger partial charge in [0, 0.05) is 25.8 Å². The van der Waals surface area contributed by atoms with E-state index in [1.165, 1.54) is 25.7 Å². The molecule has 1 fully saturated rings. The van der Waals surface area contributed by atoms with E-state index < -0.39 is 0 Å². The minimum Gasteiger partial charge on any atom is -0.493 e. The first-order valence-corrected chi connectivity index (χ1v) is 10.1. The van der Waals surface area contributed by atoms with Gasteiger partial charge in [-0.3, -0.25) is 0 Å². The average Bonchev–Trinajstić information content (AvgIpc) is 3.06. The van der Waals surface area contributed by atoms with Crippen LogP contribution in [0, 0.1) is 0 Å². The molecule has 0 spiro atoms. The Morgan fingerprint density at radius 1 is 1.03 bits per heavy atom. The number of hydrogen-bond acceptors (Lipinski definition) is 5. The van der Waals surface area contributed by atoms with Crippen LogP contribution in [0.1, 0.15) is 36.8 Å². The van der Waals surface area contributed by atoms with E-state index in [-0.39, 0.29) is 24.0 Å². The lowest BCUT2D eigenvalue weighted by Crippen LogP contribution is -2.31. The third-order valence-electron chi connectivity index (χ3n) is 5.09. The molecule has 0 aliphatic carbocycles. The van der Waals surface area contributed by atoms with Gasteiger partial charge in [-0.25, -0.2) is 9.98 Å². The fourth-order valence-electron chi connectivity index (χ4n) is 3.41. The maximum Gasteiger partial charge on any atom is 0.189 e. The zero-order valence-electron chi connectivity index (χ0n) is 17.8. The Bertz CT molecular complexity index is 806. The molecule has 3 rings (SSSR count). The number of nitrogens with zero attached hydrogens (tertiary/aromatic N) is 3. The minimum absolute atomic E-state index is 0. The highest BCUT2D eigenvalue weighted by molar-refractivity contribution is 14.0. The summed E-state index contributed by atoms with van der Waals surface area (Å²) in [4.78, 5) is 11.4. The molecule has 2 aromatic rings. The van der Waals surface area contributed by atoms with Crippen molar-refractivity contribution in [3.8, 4) is 11.5 Å². The molecule has 30 heavy (non-hydrogen) atoms. The van der Waals surface area contributed by atoms with E-state index in [1.54, 1.807) is 14.2 Å². The quantitative estimate of drug-likeness (QED) is 0.326. The Hall–Kier alpha value is -2.23. The van der Waals surface area contributed by atoms with Crippen molar-refractivity contribution in [1.29, 1.82) is 0 Å². The summed E-state index contributed by atoms with van der Waals surface area (Å²) in [6.07, 6.45) is 7.02. The van der Waals surface area contributed by atoms with E-state index in [0.717, 1.165) is 30.0 Å². The molecule has 0 radical (unpaired) electrons. The smallest absolute Gasteiger partial charge is 0.189 e. The number of ether oxygens (including phenoxy) is 2. The number of anilines is 1. The summed E-state index contributed by atoms with van der Waals surface area (Å²) in [7, 11) is 3.24. The maximum absolute atomic E-state index is 6.01. The van der Waals surface area contributed by atoms with Gasteiger partial charge in [-0.15, -0.1) is 24.0 Å². The number of benzene rings is 1. The predicted octanol–water partition coefficient (Wildman–Crippen LogP) is 3.70. The summed E-state index contributed by atoms with van der Waals surface area (Å²) in [5, 5.41) is 3.13. The largest absolute Gasteiger partial charge is 0.493 e. The Morgan fingerprint density at radius 2 is 1.73 bits per heavy atom. The molecule has 0 atom stereocenters. The number of aromatic nitrogens is 1. The molecule has 0 bridgehead atoms. The van der Waals surface area contributed by atoms with Crippen LogP contribution >= 0.6 is 24.0 Å². The molecule has 0 amide bonds. The van der Waals surface area contributed by atoms with E-state index in [9.17, 15) is 0 Å². The lowest BCUT2D eigenvalue weighted by atomic mass is 10.2. The lowest BCUT2D eigenvalue weighted by molar-refractivity contribution is 0.354. The maximum atomic E-state index is 6.01. The van der Waals surface area contributed by atoms with Gasteiger partial charge in [0.1, 0.15) is 5.82 Å². The van der Waals surface area contributed by atoms with Crippen LogP contribution in [0.3, 0.4) is 0 Å². The van der Waals surface area contributed by atoms with Gasteiger partial charge in [-0.05, 0) is 42.2 Å². The van der Waals surface area contributed by atoms with Gasteiger partial charge in [0.25, 0.3) is 0 Å². The Morgan fingerprint density at radius 3 is 2.37 bits per heavy atom. The standard InChI is InChI=1S/C22H31N5O2.HI/c1-28-19-9-7-17(13-20(19)29-2)14-25-22(23)26-16-18-8-10-21(24-15-18)27-11-5-3-4-6-12-27;/h7-10,13,15H,3-6,11-12,14,16H2,1-2H3,(H3,23,25,26);1H. The Kier molecular flexibility index (Phi) is 9.99. The molecule has 1 aromatic heterocycles. The lowest BCUT2D eigenvalue weighted by Gasteiger charge is -2.21. The SMILES string of the molecule is COc1ccc(CNC(N)=NCc2ccc(N3CCCCCC3)nc2)cc1OC.I. The fraction of sp³-hybridized carbons (Fsp3) is 0.455. The molecular formula is C22H32IN5O2. The number of nitrogens with two attached hydrogens (primary N) is 1. The highest BCUT2D eigenvalue weighted by Gasteiger charge is 2.10. The molecule has 1 aromatic carbocycles. The summed E-state index contributed by atoms with van der Waals surface area (Å²) < 4.78 is 10.6. The van der Waals surface area contributed by atoms with Crippen LogP contribution < -0.4 is 25.4 Å². The second-order valence-corrected chi connectivity index (χ2v) is 7.17. The van der Waals surface area contributed by atoms with E-state index in [1.807, 2.05) is 24.4 Å². The third-order valence-corrected chi connectivity index (χ3v) is 5.09. The van der Waals surface area contributed by atoms with Crippen molar-refractivity contribution in [2.75, 3.05) is 32.2 Å². The molecule has 7 nitrogen and oxygen atoms in total. The summed E-state index contributed by atoms with van der Waals surface area (Å²) in [5.74, 6) is 2.85.